The summed E-state index contributed by atoms with van der Waals surface area (Å²) in [5.41, 5.74) is 0.939. The van der Waals surface area contributed by atoms with Crippen LogP contribution in [0.1, 0.15) is 17.5 Å². The van der Waals surface area contributed by atoms with Gasteiger partial charge in [-0.05, 0) is 47.5 Å². The highest BCUT2D eigenvalue weighted by atomic mass is 16.8. The molecular weight excluding hydrogens is 544 g/mol. The molecule has 4 rings (SSSR count). The summed E-state index contributed by atoms with van der Waals surface area (Å²) in [6, 6.07) is 8.39. The van der Waals surface area contributed by atoms with Gasteiger partial charge in [0.1, 0.15) is 31.0 Å². The predicted octanol–water partition coefficient (Wildman–Crippen LogP) is 1.41. The molecule has 41 heavy (non-hydrogen) atoms. The molecule has 2 bridgehead atoms. The van der Waals surface area contributed by atoms with Crippen molar-refractivity contribution in [2.45, 2.75) is 36.6 Å². The number of methoxy groups -OCH3 is 2. The number of phenolic OH excluding ortho intramolecular Hbond substituents is 3. The molecule has 0 saturated carbocycles. The number of aliphatic hydroxyl groups is 1. The quantitative estimate of drug-likeness (QED) is 0.146. The molecule has 0 unspecified atom stereocenters. The maximum Gasteiger partial charge on any atom is 0.366 e. The largest absolute Gasteiger partial charge is 0.504 e. The van der Waals surface area contributed by atoms with Crippen LogP contribution in [-0.2, 0) is 38.1 Å². The zero-order valence-corrected chi connectivity index (χ0v) is 22.0. The highest BCUT2D eigenvalue weighted by molar-refractivity contribution is 5.88. The summed E-state index contributed by atoms with van der Waals surface area (Å²) in [5.74, 6) is -5.12. The van der Waals surface area contributed by atoms with E-state index in [0.29, 0.717) is 11.1 Å². The molecule has 2 aromatic rings. The van der Waals surface area contributed by atoms with Gasteiger partial charge in [0.15, 0.2) is 23.0 Å². The zero-order chi connectivity index (χ0) is 29.7. The van der Waals surface area contributed by atoms with Crippen molar-refractivity contribution in [3.8, 4) is 23.0 Å². The first-order valence-corrected chi connectivity index (χ1v) is 12.3. The molecule has 2 aliphatic heterocycles. The number of hydrogen-bond donors (Lipinski definition) is 4. The number of rotatable bonds is 9. The average molecular weight is 573 g/mol. The highest BCUT2D eigenvalue weighted by Crippen LogP contribution is 2.42. The van der Waals surface area contributed by atoms with E-state index >= 15 is 0 Å². The summed E-state index contributed by atoms with van der Waals surface area (Å²) in [6.45, 7) is -0.423. The van der Waals surface area contributed by atoms with Crippen LogP contribution in [0.15, 0.2) is 48.6 Å². The number of phenols is 3. The molecule has 2 aliphatic rings. The Morgan fingerprint density at radius 3 is 2.24 bits per heavy atom. The lowest BCUT2D eigenvalue weighted by Gasteiger charge is -2.36. The smallest absolute Gasteiger partial charge is 0.366 e. The van der Waals surface area contributed by atoms with Gasteiger partial charge in [-0.15, -0.1) is 0 Å². The number of carbonyl (C=O) groups excluding carboxylic acids is 3. The van der Waals surface area contributed by atoms with Gasteiger partial charge >= 0.3 is 17.9 Å². The molecule has 0 spiro atoms. The number of ether oxygens (including phenoxy) is 6. The SMILES string of the molecule is COC(=O)[C@]12C[C@@H](OC(=O)/C=C/c3ccc(O)c(OC)c3)[C@@H](O)[C@H](O1)[C@@H](COC(=O)/C=C/c1ccc(O)c(O)c1)O2. The Morgan fingerprint density at radius 2 is 1.59 bits per heavy atom. The normalized spacial score (nSPS) is 25.2. The van der Waals surface area contributed by atoms with Gasteiger partial charge in [0, 0.05) is 12.2 Å². The molecule has 2 fully saturated rings. The van der Waals surface area contributed by atoms with E-state index in [-0.39, 0.29) is 23.0 Å². The summed E-state index contributed by atoms with van der Waals surface area (Å²) in [4.78, 5) is 37.4. The summed E-state index contributed by atoms with van der Waals surface area (Å²) >= 11 is 0. The van der Waals surface area contributed by atoms with Crippen LogP contribution < -0.4 is 4.74 Å². The van der Waals surface area contributed by atoms with E-state index in [1.807, 2.05) is 0 Å². The van der Waals surface area contributed by atoms with Crippen molar-refractivity contribution in [3.63, 3.8) is 0 Å². The van der Waals surface area contributed by atoms with Crippen molar-refractivity contribution in [3.05, 3.63) is 59.7 Å². The second-order valence-corrected chi connectivity index (χ2v) is 9.13. The van der Waals surface area contributed by atoms with Crippen molar-refractivity contribution in [2.24, 2.45) is 0 Å². The molecule has 13 nitrogen and oxygen atoms in total. The third-order valence-corrected chi connectivity index (χ3v) is 6.40. The number of aliphatic hydroxyl groups excluding tert-OH is 1. The molecular formula is C28H28O13. The van der Waals surface area contributed by atoms with E-state index in [1.165, 1.54) is 49.6 Å². The summed E-state index contributed by atoms with van der Waals surface area (Å²) in [5, 5.41) is 39.5. The zero-order valence-electron chi connectivity index (χ0n) is 22.0. The van der Waals surface area contributed by atoms with Gasteiger partial charge in [-0.2, -0.15) is 0 Å². The number of benzene rings is 2. The molecule has 0 aliphatic carbocycles. The van der Waals surface area contributed by atoms with Crippen LogP contribution in [0.3, 0.4) is 0 Å². The lowest BCUT2D eigenvalue weighted by atomic mass is 9.95. The third kappa shape index (κ3) is 6.60. The molecule has 0 amide bonds. The van der Waals surface area contributed by atoms with Crippen LogP contribution in [-0.4, -0.2) is 89.4 Å². The van der Waals surface area contributed by atoms with Crippen LogP contribution in [0, 0.1) is 0 Å². The maximum absolute atomic E-state index is 12.6. The van der Waals surface area contributed by atoms with Gasteiger partial charge in [0.25, 0.3) is 5.79 Å². The van der Waals surface area contributed by atoms with Crippen LogP contribution >= 0.6 is 0 Å². The Balaban J connectivity index is 1.41. The molecule has 5 atom stereocenters. The third-order valence-electron chi connectivity index (χ3n) is 6.40. The van der Waals surface area contributed by atoms with Crippen molar-refractivity contribution >= 4 is 30.1 Å². The number of esters is 3. The molecule has 2 saturated heterocycles. The summed E-state index contributed by atoms with van der Waals surface area (Å²) in [7, 11) is 2.49. The second kappa shape index (κ2) is 12.3. The maximum atomic E-state index is 12.6. The summed E-state index contributed by atoms with van der Waals surface area (Å²) < 4.78 is 31.9. The minimum Gasteiger partial charge on any atom is -0.504 e. The van der Waals surface area contributed by atoms with Crippen LogP contribution in [0.5, 0.6) is 23.0 Å². The topological polar surface area (TPSA) is 188 Å². The Hall–Kier alpha value is -4.59. The van der Waals surface area contributed by atoms with Gasteiger partial charge in [0.2, 0.25) is 0 Å². The minimum absolute atomic E-state index is 0.0741. The fraction of sp³-hybridized carbons (Fsp3) is 0.321. The van der Waals surface area contributed by atoms with E-state index < -0.39 is 61.1 Å². The average Bonchev–Trinajstić information content (AvgIpc) is 3.29. The molecule has 0 aromatic heterocycles. The molecule has 0 radical (unpaired) electrons. The van der Waals surface area contributed by atoms with Crippen LogP contribution in [0.2, 0.25) is 0 Å². The first kappa shape index (κ1) is 29.4. The fourth-order valence-corrected chi connectivity index (χ4v) is 4.36. The second-order valence-electron chi connectivity index (χ2n) is 9.13. The van der Waals surface area contributed by atoms with E-state index in [0.717, 1.165) is 19.3 Å². The van der Waals surface area contributed by atoms with Crippen molar-refractivity contribution in [1.82, 2.24) is 0 Å². The number of aromatic hydroxyl groups is 3. The molecule has 2 heterocycles. The molecule has 218 valence electrons. The Kier molecular flexibility index (Phi) is 8.81. The fourth-order valence-electron chi connectivity index (χ4n) is 4.36. The van der Waals surface area contributed by atoms with E-state index in [9.17, 15) is 34.8 Å². The van der Waals surface area contributed by atoms with Gasteiger partial charge in [-0.25, -0.2) is 14.4 Å². The van der Waals surface area contributed by atoms with E-state index in [1.54, 1.807) is 6.07 Å². The monoisotopic (exact) mass is 572 g/mol. The lowest BCUT2D eigenvalue weighted by Crippen LogP contribution is -2.55. The molecule has 13 heteroatoms. The highest BCUT2D eigenvalue weighted by Gasteiger charge is 2.63. The lowest BCUT2D eigenvalue weighted by molar-refractivity contribution is -0.249. The van der Waals surface area contributed by atoms with E-state index in [2.05, 4.69) is 0 Å². The van der Waals surface area contributed by atoms with Crippen LogP contribution in [0.25, 0.3) is 12.2 Å². The predicted molar refractivity (Wildman–Crippen MR) is 138 cm³/mol. The van der Waals surface area contributed by atoms with Crippen LogP contribution in [0.4, 0.5) is 0 Å². The summed E-state index contributed by atoms with van der Waals surface area (Å²) in [6.07, 6.45) is -0.469. The van der Waals surface area contributed by atoms with Gasteiger partial charge < -0.3 is 48.8 Å². The molecule has 2 aromatic carbocycles. The van der Waals surface area contributed by atoms with E-state index in [4.69, 9.17) is 28.4 Å². The van der Waals surface area contributed by atoms with Crippen molar-refractivity contribution in [1.29, 1.82) is 0 Å². The molecule has 4 N–H and O–H groups in total. The number of hydrogen-bond acceptors (Lipinski definition) is 13. The first-order valence-electron chi connectivity index (χ1n) is 12.3. The Bertz CT molecular complexity index is 1370. The van der Waals surface area contributed by atoms with Crippen molar-refractivity contribution < 1.29 is 63.2 Å². The Morgan fingerprint density at radius 1 is 0.927 bits per heavy atom. The van der Waals surface area contributed by atoms with Gasteiger partial charge in [0.05, 0.1) is 20.6 Å². The Labute approximate surface area is 233 Å². The number of carbonyl (C=O) groups is 3. The number of fused-ring (bicyclic) bond motifs is 2. The minimum atomic E-state index is -2.01. The van der Waals surface area contributed by atoms with Gasteiger partial charge in [-0.3, -0.25) is 0 Å². The standard InChI is InChI=1S/C28H28O13/c1-36-20-12-16(4-8-18(20)30)6-10-24(33)39-21-13-28(27(35)37-2)40-22(26(41-28)25(21)34)14-38-23(32)9-5-15-3-7-17(29)19(31)11-15/h3-12,21-22,25-26,29-31,34H,13-14H2,1-2H3/b9-5+,10-6+/t21-,22-,25-,26-,28+/m1/s1. The van der Waals surface area contributed by atoms with Crippen molar-refractivity contribution in [2.75, 3.05) is 20.8 Å². The first-order chi connectivity index (χ1) is 19.5. The van der Waals surface area contributed by atoms with Gasteiger partial charge in [-0.1, -0.05) is 12.1 Å².